The van der Waals surface area contributed by atoms with Gasteiger partial charge in [-0.15, -0.1) is 0 Å². The van der Waals surface area contributed by atoms with Crippen LogP contribution in [0.4, 0.5) is 0 Å². The quantitative estimate of drug-likeness (QED) is 0.481. The Kier molecular flexibility index (Phi) is 14.3. The second kappa shape index (κ2) is 12.6. The lowest BCUT2D eigenvalue weighted by molar-refractivity contribution is -0.123. The number of likely N-dealkylation sites (N-methyl/N-ethyl adjacent to an activating group) is 1. The number of nitrogens with zero attached hydrogens (tertiary/aromatic N) is 1. The Labute approximate surface area is 87.2 Å². The Morgan fingerprint density at radius 2 is 1.64 bits per heavy atom. The van der Waals surface area contributed by atoms with Crippen LogP contribution < -0.4 is 0 Å². The standard InChI is InChI=1S/C6H14O2.C4H9NO/c1-4-7-6(3)8-5-2;1-5(2)3-4-6/h6H,4-5H2,1-3H3;4H,3H2,1-2H3. The Hall–Kier alpha value is -0.450. The third-order valence-corrected chi connectivity index (χ3v) is 1.24. The maximum absolute atomic E-state index is 9.57. The summed E-state index contributed by atoms with van der Waals surface area (Å²) in [4.78, 5) is 11.4. The average molecular weight is 205 g/mol. The van der Waals surface area contributed by atoms with Crippen LogP contribution in [0.15, 0.2) is 0 Å². The zero-order valence-corrected chi connectivity index (χ0v) is 9.95. The number of hydrogen-bond donors (Lipinski definition) is 0. The molecule has 0 aromatic heterocycles. The molecule has 0 radical (unpaired) electrons. The van der Waals surface area contributed by atoms with Gasteiger partial charge in [0.2, 0.25) is 0 Å². The normalized spacial score (nSPS) is 9.93. The highest BCUT2D eigenvalue weighted by Gasteiger charge is 1.94. The number of carbonyl (C=O) groups excluding carboxylic acids is 1. The van der Waals surface area contributed by atoms with Gasteiger partial charge in [-0.1, -0.05) is 0 Å². The molecule has 0 spiro atoms. The third-order valence-electron chi connectivity index (χ3n) is 1.24. The molecule has 0 saturated carbocycles. The van der Waals surface area contributed by atoms with Gasteiger partial charge < -0.3 is 19.2 Å². The van der Waals surface area contributed by atoms with Crippen LogP contribution >= 0.6 is 0 Å². The van der Waals surface area contributed by atoms with E-state index in [0.29, 0.717) is 6.54 Å². The summed E-state index contributed by atoms with van der Waals surface area (Å²) in [7, 11) is 3.71. The summed E-state index contributed by atoms with van der Waals surface area (Å²) in [5, 5.41) is 0. The molecule has 0 bridgehead atoms. The Balaban J connectivity index is 0. The lowest BCUT2D eigenvalue weighted by Crippen LogP contribution is -2.13. The summed E-state index contributed by atoms with van der Waals surface area (Å²) in [6.07, 6.45) is 0.838. The summed E-state index contributed by atoms with van der Waals surface area (Å²) in [5.74, 6) is 0. The van der Waals surface area contributed by atoms with E-state index in [1.165, 1.54) is 0 Å². The first-order valence-electron chi connectivity index (χ1n) is 4.89. The highest BCUT2D eigenvalue weighted by atomic mass is 16.7. The molecular formula is C10H23NO3. The number of hydrogen-bond acceptors (Lipinski definition) is 4. The number of carbonyl (C=O) groups is 1. The molecule has 0 amide bonds. The lowest BCUT2D eigenvalue weighted by Gasteiger charge is -2.09. The Bertz CT molecular complexity index is 112. The summed E-state index contributed by atoms with van der Waals surface area (Å²) < 4.78 is 10.1. The Morgan fingerprint density at radius 3 is 1.79 bits per heavy atom. The van der Waals surface area contributed by atoms with Crippen LogP contribution in [0.1, 0.15) is 20.8 Å². The number of rotatable bonds is 6. The minimum absolute atomic E-state index is 0.0370. The topological polar surface area (TPSA) is 38.8 Å². The molecule has 0 aromatic carbocycles. The van der Waals surface area contributed by atoms with Crippen molar-refractivity contribution in [2.24, 2.45) is 0 Å². The van der Waals surface area contributed by atoms with Crippen LogP contribution in [0.3, 0.4) is 0 Å². The van der Waals surface area contributed by atoms with Gasteiger partial charge in [0.15, 0.2) is 6.29 Å². The molecule has 0 heterocycles. The molecule has 0 atom stereocenters. The van der Waals surface area contributed by atoms with Gasteiger partial charge in [-0.2, -0.15) is 0 Å². The molecule has 0 aliphatic carbocycles. The van der Waals surface area contributed by atoms with Gasteiger partial charge in [0, 0.05) is 13.2 Å². The zero-order valence-electron chi connectivity index (χ0n) is 9.95. The van der Waals surface area contributed by atoms with E-state index in [-0.39, 0.29) is 6.29 Å². The largest absolute Gasteiger partial charge is 0.353 e. The molecule has 14 heavy (non-hydrogen) atoms. The maximum Gasteiger partial charge on any atom is 0.154 e. The van der Waals surface area contributed by atoms with E-state index in [4.69, 9.17) is 9.47 Å². The van der Waals surface area contributed by atoms with Gasteiger partial charge in [-0.25, -0.2) is 0 Å². The second-order valence-corrected chi connectivity index (χ2v) is 2.91. The fourth-order valence-electron chi connectivity index (χ4n) is 0.667. The first-order valence-corrected chi connectivity index (χ1v) is 4.89. The van der Waals surface area contributed by atoms with Gasteiger partial charge in [0.05, 0.1) is 6.54 Å². The molecule has 4 heteroatoms. The summed E-state index contributed by atoms with van der Waals surface area (Å²) >= 11 is 0. The van der Waals surface area contributed by atoms with E-state index in [9.17, 15) is 4.79 Å². The van der Waals surface area contributed by atoms with Gasteiger partial charge in [-0.3, -0.25) is 0 Å². The highest BCUT2D eigenvalue weighted by Crippen LogP contribution is 1.90. The molecule has 4 nitrogen and oxygen atoms in total. The molecule has 0 saturated heterocycles. The average Bonchev–Trinajstić information content (AvgIpc) is 2.05. The molecule has 0 unspecified atom stereocenters. The van der Waals surface area contributed by atoms with Crippen LogP contribution in [0.5, 0.6) is 0 Å². The lowest BCUT2D eigenvalue weighted by atomic mass is 10.7. The molecule has 0 aliphatic heterocycles. The van der Waals surface area contributed by atoms with Gasteiger partial charge in [-0.05, 0) is 34.9 Å². The van der Waals surface area contributed by atoms with Gasteiger partial charge >= 0.3 is 0 Å². The fraction of sp³-hybridized carbons (Fsp3) is 0.900. The fourth-order valence-corrected chi connectivity index (χ4v) is 0.667. The Morgan fingerprint density at radius 1 is 1.21 bits per heavy atom. The minimum atomic E-state index is -0.0370. The summed E-state index contributed by atoms with van der Waals surface area (Å²) in [6, 6.07) is 0. The van der Waals surface area contributed by atoms with Crippen molar-refractivity contribution in [3.05, 3.63) is 0 Å². The molecule has 0 rings (SSSR count). The first kappa shape index (κ1) is 16.0. The second-order valence-electron chi connectivity index (χ2n) is 2.91. The molecule has 0 fully saturated rings. The monoisotopic (exact) mass is 205 g/mol. The van der Waals surface area contributed by atoms with E-state index >= 15 is 0 Å². The predicted octanol–water partition coefficient (Wildman–Crippen LogP) is 1.15. The molecule has 0 N–H and O–H groups in total. The van der Waals surface area contributed by atoms with E-state index in [1.807, 2.05) is 39.8 Å². The van der Waals surface area contributed by atoms with E-state index in [1.54, 1.807) is 0 Å². The number of aldehydes is 1. The van der Waals surface area contributed by atoms with Crippen LogP contribution in [0.25, 0.3) is 0 Å². The van der Waals surface area contributed by atoms with Crippen molar-refractivity contribution in [1.29, 1.82) is 0 Å². The van der Waals surface area contributed by atoms with Crippen LogP contribution in [-0.2, 0) is 14.3 Å². The summed E-state index contributed by atoms with van der Waals surface area (Å²) in [6.45, 7) is 7.78. The van der Waals surface area contributed by atoms with E-state index in [0.717, 1.165) is 19.5 Å². The van der Waals surface area contributed by atoms with Crippen LogP contribution in [0, 0.1) is 0 Å². The smallest absolute Gasteiger partial charge is 0.154 e. The third kappa shape index (κ3) is 17.6. The zero-order chi connectivity index (χ0) is 11.4. The van der Waals surface area contributed by atoms with Crippen molar-refractivity contribution in [3.8, 4) is 0 Å². The van der Waals surface area contributed by atoms with Crippen molar-refractivity contribution >= 4 is 6.29 Å². The van der Waals surface area contributed by atoms with Crippen molar-refractivity contribution in [3.63, 3.8) is 0 Å². The SMILES string of the molecule is CCOC(C)OCC.CN(C)CC=O. The van der Waals surface area contributed by atoms with Crippen molar-refractivity contribution in [2.45, 2.75) is 27.1 Å². The number of ether oxygens (including phenoxy) is 2. The molecule has 0 aromatic rings. The van der Waals surface area contributed by atoms with Crippen LogP contribution in [-0.4, -0.2) is 51.3 Å². The molecular weight excluding hydrogens is 182 g/mol. The minimum Gasteiger partial charge on any atom is -0.353 e. The summed E-state index contributed by atoms with van der Waals surface area (Å²) in [5.41, 5.74) is 0. The van der Waals surface area contributed by atoms with Gasteiger partial charge in [0.1, 0.15) is 6.29 Å². The van der Waals surface area contributed by atoms with Gasteiger partial charge in [0.25, 0.3) is 0 Å². The van der Waals surface area contributed by atoms with Crippen molar-refractivity contribution < 1.29 is 14.3 Å². The predicted molar refractivity (Wildman–Crippen MR) is 57.3 cm³/mol. The highest BCUT2D eigenvalue weighted by molar-refractivity contribution is 5.51. The van der Waals surface area contributed by atoms with E-state index in [2.05, 4.69) is 0 Å². The first-order chi connectivity index (χ1) is 6.58. The molecule has 86 valence electrons. The van der Waals surface area contributed by atoms with E-state index < -0.39 is 0 Å². The van der Waals surface area contributed by atoms with Crippen molar-refractivity contribution in [2.75, 3.05) is 33.9 Å². The maximum atomic E-state index is 9.57. The molecule has 0 aliphatic rings. The van der Waals surface area contributed by atoms with Crippen molar-refractivity contribution in [1.82, 2.24) is 4.90 Å². The van der Waals surface area contributed by atoms with Crippen LogP contribution in [0.2, 0.25) is 0 Å².